The molecule has 0 bridgehead atoms. The van der Waals surface area contributed by atoms with Crippen LogP contribution >= 0.6 is 0 Å². The number of nitrogens with zero attached hydrogens (tertiary/aromatic N) is 1. The molecule has 194 valence electrons. The lowest BCUT2D eigenvalue weighted by atomic mass is 9.42. The van der Waals surface area contributed by atoms with Gasteiger partial charge >= 0.3 is 0 Å². The Morgan fingerprint density at radius 1 is 0.914 bits per heavy atom. The highest BCUT2D eigenvalue weighted by molar-refractivity contribution is 5.33. The minimum atomic E-state index is -0.691. The molecule has 0 unspecified atom stereocenters. The van der Waals surface area contributed by atoms with E-state index in [4.69, 9.17) is 4.74 Å². The molecule has 1 aliphatic heterocycles. The Labute approximate surface area is 212 Å². The molecule has 1 heterocycles. The largest absolute Gasteiger partial charge is 0.393 e. The summed E-state index contributed by atoms with van der Waals surface area (Å²) in [6.45, 7) is 9.00. The summed E-state index contributed by atoms with van der Waals surface area (Å²) in [6, 6.07) is 10.9. The molecule has 0 radical (unpaired) electrons. The van der Waals surface area contributed by atoms with E-state index < -0.39 is 11.2 Å². The molecule has 5 aliphatic rings. The Morgan fingerprint density at radius 3 is 2.46 bits per heavy atom. The van der Waals surface area contributed by atoms with Crippen molar-refractivity contribution in [2.45, 2.75) is 102 Å². The number of fused-ring (bicyclic) bond motifs is 5. The molecule has 4 aliphatic carbocycles. The van der Waals surface area contributed by atoms with E-state index in [-0.39, 0.29) is 16.9 Å². The topological polar surface area (TPSA) is 52.9 Å². The average molecular weight is 482 g/mol. The molecule has 5 fully saturated rings. The van der Waals surface area contributed by atoms with E-state index in [0.717, 1.165) is 64.5 Å². The normalized spacial score (nSPS) is 47.8. The van der Waals surface area contributed by atoms with Crippen molar-refractivity contribution in [2.75, 3.05) is 26.2 Å². The van der Waals surface area contributed by atoms with Crippen LogP contribution in [0.25, 0.3) is 0 Å². The maximum atomic E-state index is 12.8. The van der Waals surface area contributed by atoms with E-state index in [0.29, 0.717) is 17.8 Å². The second-order valence-corrected chi connectivity index (χ2v) is 13.3. The summed E-state index contributed by atoms with van der Waals surface area (Å²) in [6.07, 6.45) is 11.7. The number of ether oxygens (including phenoxy) is 1. The molecule has 2 N–H and O–H groups in total. The first-order valence-corrected chi connectivity index (χ1v) is 14.6. The zero-order valence-electron chi connectivity index (χ0n) is 22.1. The summed E-state index contributed by atoms with van der Waals surface area (Å²) in [5.74, 6) is 1.51. The fraction of sp³-hybridized carbons (Fsp3) is 0.806. The SMILES string of the molecule is C[C@]12CC[C@H](O)C[C@@H]1CC[C@@H]1[C@@H]2CC[C@]2(C)[C@@](OCCN3CCCC3)(c3ccccc3)CC[C@]12O. The minimum absolute atomic E-state index is 0.122. The summed E-state index contributed by atoms with van der Waals surface area (Å²) >= 11 is 0. The van der Waals surface area contributed by atoms with Gasteiger partial charge in [0.2, 0.25) is 0 Å². The maximum Gasteiger partial charge on any atom is 0.101 e. The first kappa shape index (κ1) is 24.4. The Hall–Kier alpha value is -0.940. The molecule has 0 aromatic heterocycles. The smallest absolute Gasteiger partial charge is 0.101 e. The number of hydrogen-bond donors (Lipinski definition) is 2. The van der Waals surface area contributed by atoms with Gasteiger partial charge in [-0.25, -0.2) is 0 Å². The monoisotopic (exact) mass is 481 g/mol. The van der Waals surface area contributed by atoms with Crippen LogP contribution in [-0.2, 0) is 10.3 Å². The molecule has 6 rings (SSSR count). The molecule has 0 spiro atoms. The second-order valence-electron chi connectivity index (χ2n) is 13.3. The molecule has 0 amide bonds. The van der Waals surface area contributed by atoms with Gasteiger partial charge in [-0.1, -0.05) is 44.2 Å². The van der Waals surface area contributed by atoms with Crippen LogP contribution in [0.5, 0.6) is 0 Å². The van der Waals surface area contributed by atoms with E-state index in [9.17, 15) is 10.2 Å². The van der Waals surface area contributed by atoms with Gasteiger partial charge in [0, 0.05) is 12.0 Å². The predicted molar refractivity (Wildman–Crippen MR) is 139 cm³/mol. The van der Waals surface area contributed by atoms with Crippen LogP contribution in [0, 0.1) is 28.6 Å². The molecule has 35 heavy (non-hydrogen) atoms. The van der Waals surface area contributed by atoms with Crippen molar-refractivity contribution < 1.29 is 14.9 Å². The number of likely N-dealkylation sites (tertiary alicyclic amines) is 1. The van der Waals surface area contributed by atoms with Crippen LogP contribution in [0.15, 0.2) is 30.3 Å². The molecule has 8 atom stereocenters. The highest BCUT2D eigenvalue weighted by atomic mass is 16.5. The summed E-state index contributed by atoms with van der Waals surface area (Å²) < 4.78 is 7.07. The highest BCUT2D eigenvalue weighted by Gasteiger charge is 2.72. The molecule has 1 aromatic carbocycles. The third-order valence-corrected chi connectivity index (χ3v) is 12.1. The number of aliphatic hydroxyl groups is 2. The van der Waals surface area contributed by atoms with Crippen LogP contribution in [0.4, 0.5) is 0 Å². The Balaban J connectivity index is 1.32. The Bertz CT molecular complexity index is 902. The van der Waals surface area contributed by atoms with Gasteiger partial charge in [-0.05, 0) is 112 Å². The molecular formula is C31H47NO3. The van der Waals surface area contributed by atoms with Gasteiger partial charge in [-0.15, -0.1) is 0 Å². The standard InChI is InChI=1S/C31H47NO3/c1-28-14-12-25(33)22-24(28)10-11-27-26(28)13-15-29(2)30(27,34)16-17-31(29,23-8-4-3-5-9-23)35-21-20-32-18-6-7-19-32/h3-5,8-9,24-27,33-34H,6-7,10-22H2,1-2H3/t24-,25-,26-,27+,28-,29-,30-,31-/m0/s1. The summed E-state index contributed by atoms with van der Waals surface area (Å²) in [4.78, 5) is 2.54. The average Bonchev–Trinajstić information content (AvgIpc) is 3.46. The number of hydrogen-bond acceptors (Lipinski definition) is 4. The fourth-order valence-electron chi connectivity index (χ4n) is 10.0. The lowest BCUT2D eigenvalue weighted by molar-refractivity contribution is -0.249. The van der Waals surface area contributed by atoms with Gasteiger partial charge in [0.25, 0.3) is 0 Å². The molecule has 4 heteroatoms. The Morgan fingerprint density at radius 2 is 1.69 bits per heavy atom. The molecule has 1 saturated heterocycles. The third kappa shape index (κ3) is 3.53. The minimum Gasteiger partial charge on any atom is -0.393 e. The van der Waals surface area contributed by atoms with E-state index >= 15 is 0 Å². The van der Waals surface area contributed by atoms with Crippen molar-refractivity contribution in [1.29, 1.82) is 0 Å². The van der Waals surface area contributed by atoms with Gasteiger partial charge in [0.05, 0.1) is 18.3 Å². The van der Waals surface area contributed by atoms with Crippen LogP contribution in [-0.4, -0.2) is 53.1 Å². The molecule has 1 aromatic rings. The third-order valence-electron chi connectivity index (χ3n) is 12.1. The van der Waals surface area contributed by atoms with Crippen molar-refractivity contribution >= 4 is 0 Å². The van der Waals surface area contributed by atoms with E-state index in [2.05, 4.69) is 49.1 Å². The van der Waals surface area contributed by atoms with Crippen molar-refractivity contribution in [1.82, 2.24) is 4.90 Å². The molecule has 4 saturated carbocycles. The maximum absolute atomic E-state index is 12.8. The summed E-state index contributed by atoms with van der Waals surface area (Å²) in [5, 5.41) is 23.2. The first-order chi connectivity index (χ1) is 16.8. The summed E-state index contributed by atoms with van der Waals surface area (Å²) in [5.41, 5.74) is 0.120. The Kier molecular flexibility index (Phi) is 6.15. The molecule has 4 nitrogen and oxygen atoms in total. The van der Waals surface area contributed by atoms with Gasteiger partial charge < -0.3 is 19.8 Å². The fourth-order valence-corrected chi connectivity index (χ4v) is 10.0. The zero-order chi connectivity index (χ0) is 24.3. The van der Waals surface area contributed by atoms with Crippen LogP contribution in [0.1, 0.15) is 90.0 Å². The zero-order valence-corrected chi connectivity index (χ0v) is 22.1. The van der Waals surface area contributed by atoms with E-state index in [1.165, 1.54) is 37.9 Å². The number of aliphatic hydroxyl groups excluding tert-OH is 1. The highest BCUT2D eigenvalue weighted by Crippen LogP contribution is 2.72. The van der Waals surface area contributed by atoms with Crippen LogP contribution in [0.3, 0.4) is 0 Å². The van der Waals surface area contributed by atoms with Crippen molar-refractivity contribution in [3.8, 4) is 0 Å². The van der Waals surface area contributed by atoms with E-state index in [1.54, 1.807) is 0 Å². The number of benzene rings is 1. The van der Waals surface area contributed by atoms with Gasteiger partial charge in [0.15, 0.2) is 0 Å². The molecular weight excluding hydrogens is 434 g/mol. The lowest BCUT2D eigenvalue weighted by Crippen LogP contribution is -2.65. The lowest BCUT2D eigenvalue weighted by Gasteiger charge is -2.64. The summed E-state index contributed by atoms with van der Waals surface area (Å²) in [7, 11) is 0. The van der Waals surface area contributed by atoms with Crippen molar-refractivity contribution in [2.24, 2.45) is 28.6 Å². The quantitative estimate of drug-likeness (QED) is 0.582. The van der Waals surface area contributed by atoms with Crippen molar-refractivity contribution in [3.05, 3.63) is 35.9 Å². The van der Waals surface area contributed by atoms with Crippen LogP contribution < -0.4 is 0 Å². The van der Waals surface area contributed by atoms with E-state index in [1.807, 2.05) is 0 Å². The van der Waals surface area contributed by atoms with Gasteiger partial charge in [-0.2, -0.15) is 0 Å². The van der Waals surface area contributed by atoms with Gasteiger partial charge in [0.1, 0.15) is 5.60 Å². The van der Waals surface area contributed by atoms with Crippen molar-refractivity contribution in [3.63, 3.8) is 0 Å². The first-order valence-electron chi connectivity index (χ1n) is 14.6. The number of rotatable bonds is 5. The predicted octanol–water partition coefficient (Wildman–Crippen LogP) is 5.51. The second kappa shape index (κ2) is 8.82. The van der Waals surface area contributed by atoms with Crippen LogP contribution in [0.2, 0.25) is 0 Å². The van der Waals surface area contributed by atoms with Gasteiger partial charge in [-0.3, -0.25) is 0 Å².